The molecule has 0 unspecified atom stereocenters. The fourth-order valence-electron chi connectivity index (χ4n) is 4.31. The van der Waals surface area contributed by atoms with Gasteiger partial charge < -0.3 is 42.4 Å². The van der Waals surface area contributed by atoms with E-state index in [1.165, 1.54) is 52.0 Å². The molecule has 15 nitrogen and oxygen atoms in total. The summed E-state index contributed by atoms with van der Waals surface area (Å²) in [6.07, 6.45) is 18.6. The predicted molar refractivity (Wildman–Crippen MR) is 248 cm³/mol. The molecule has 0 saturated heterocycles. The molecule has 0 bridgehead atoms. The molecule has 0 fully saturated rings. The fraction of sp³-hybridized carbons (Fsp3) is 0.667. The van der Waals surface area contributed by atoms with Gasteiger partial charge in [0.05, 0.1) is 34.0 Å². The van der Waals surface area contributed by atoms with Crippen molar-refractivity contribution in [1.82, 2.24) is 10.1 Å². The summed E-state index contributed by atoms with van der Waals surface area (Å²) in [4.78, 5) is 45.8. The van der Waals surface area contributed by atoms with Crippen molar-refractivity contribution in [2.45, 2.75) is 137 Å². The molecule has 1 heterocycles. The monoisotopic (exact) mass is 915 g/mol. The van der Waals surface area contributed by atoms with Crippen LogP contribution in [0.2, 0.25) is 0 Å². The molecule has 0 saturated carbocycles. The van der Waals surface area contributed by atoms with Crippen molar-refractivity contribution in [2.75, 3.05) is 75.2 Å². The number of hydrogen-bond donors (Lipinski definition) is 0. The first-order valence-electron chi connectivity index (χ1n) is 22.2. The zero-order valence-corrected chi connectivity index (χ0v) is 40.9. The fourth-order valence-corrected chi connectivity index (χ4v) is 4.31. The Labute approximate surface area is 384 Å². The first kappa shape index (κ1) is 65.9. The van der Waals surface area contributed by atoms with Gasteiger partial charge in [-0.15, -0.1) is 0 Å². The van der Waals surface area contributed by atoms with E-state index in [9.17, 15) is 23.6 Å². The highest BCUT2D eigenvalue weighted by atomic mass is 19.1. The Morgan fingerprint density at radius 1 is 0.609 bits per heavy atom. The minimum Gasteiger partial charge on any atom is -0.469 e. The van der Waals surface area contributed by atoms with Crippen molar-refractivity contribution in [2.24, 2.45) is 0 Å². The van der Waals surface area contributed by atoms with Crippen LogP contribution in [-0.2, 0) is 52.3 Å². The number of benzene rings is 1. The summed E-state index contributed by atoms with van der Waals surface area (Å²) in [5.41, 5.74) is 1.21. The Bertz CT molecular complexity index is 1380. The molecule has 2 rings (SSSR count). The Kier molecular flexibility index (Phi) is 54.3. The van der Waals surface area contributed by atoms with Gasteiger partial charge in [0.2, 0.25) is 0 Å². The smallest absolute Gasteiger partial charge is 0.469 e. The predicted octanol–water partition coefficient (Wildman–Crippen LogP) is 11.1. The third-order valence-corrected chi connectivity index (χ3v) is 8.05. The summed E-state index contributed by atoms with van der Waals surface area (Å²) in [7, 11) is 7.83. The van der Waals surface area contributed by atoms with Crippen molar-refractivity contribution in [3.8, 4) is 11.5 Å². The lowest BCUT2D eigenvalue weighted by Gasteiger charge is -2.01. The van der Waals surface area contributed by atoms with E-state index in [1.807, 2.05) is 6.92 Å². The molecule has 0 N–H and O–H groups in total. The lowest BCUT2D eigenvalue weighted by molar-refractivity contribution is -0.141. The Morgan fingerprint density at radius 2 is 1.06 bits per heavy atom. The van der Waals surface area contributed by atoms with Gasteiger partial charge in [-0.25, -0.2) is 18.8 Å². The normalized spacial score (nSPS) is 9.55. The summed E-state index contributed by atoms with van der Waals surface area (Å²) < 4.78 is 55.5. The molecule has 0 spiro atoms. The van der Waals surface area contributed by atoms with Gasteiger partial charge in [0.15, 0.2) is 5.82 Å². The molecule has 1 aromatic carbocycles. The maximum Gasteiger partial charge on any atom is 0.507 e. The lowest BCUT2D eigenvalue weighted by atomic mass is 10.1. The minimum atomic E-state index is -0.594. The number of esters is 3. The molecule has 0 aliphatic rings. The summed E-state index contributed by atoms with van der Waals surface area (Å²) in [5, 5.41) is 3.64. The van der Waals surface area contributed by atoms with Crippen LogP contribution in [0.1, 0.15) is 135 Å². The van der Waals surface area contributed by atoms with Crippen LogP contribution in [0.5, 0.6) is 0 Å². The van der Waals surface area contributed by atoms with Gasteiger partial charge in [-0.05, 0) is 82.9 Å². The molecule has 1 aromatic heterocycles. The van der Waals surface area contributed by atoms with E-state index in [2.05, 4.69) is 51.4 Å². The SMILES string of the molecule is C=CC(=O)OCCCCCCOC.C=CC(=O)OCCCCOC.CCCCCC(=O)OC.CCCCCCOC.CCCCOC(=O)OC.Cc1noc(-c2ccc(C)c(F)c2)n1. The molecule has 64 heavy (non-hydrogen) atoms. The first-order chi connectivity index (χ1) is 30.8. The van der Waals surface area contributed by atoms with Crippen LogP contribution in [0.4, 0.5) is 9.18 Å². The van der Waals surface area contributed by atoms with Crippen LogP contribution in [0.15, 0.2) is 48.0 Å². The van der Waals surface area contributed by atoms with E-state index >= 15 is 0 Å². The minimum absolute atomic E-state index is 0.0940. The number of carbonyl (C=O) groups is 4. The Balaban J connectivity index is -0.000000342. The molecule has 2 aromatic rings. The number of hydrogen-bond acceptors (Lipinski definition) is 15. The van der Waals surface area contributed by atoms with Crippen molar-refractivity contribution in [3.05, 3.63) is 60.7 Å². The highest BCUT2D eigenvalue weighted by Gasteiger charge is 2.08. The maximum atomic E-state index is 13.2. The third kappa shape index (κ3) is 50.0. The number of carbonyl (C=O) groups excluding carboxylic acids is 4. The third-order valence-electron chi connectivity index (χ3n) is 8.05. The number of nitrogens with zero attached hydrogens (tertiary/aromatic N) is 2. The quantitative estimate of drug-likeness (QED) is 0.0357. The first-order valence-corrected chi connectivity index (χ1v) is 22.2. The summed E-state index contributed by atoms with van der Waals surface area (Å²) in [6.45, 7) is 20.2. The number of unbranched alkanes of at least 4 members (excludes halogenated alkanes) is 10. The Morgan fingerprint density at radius 3 is 1.48 bits per heavy atom. The van der Waals surface area contributed by atoms with Crippen LogP contribution in [0, 0.1) is 19.7 Å². The maximum absolute atomic E-state index is 13.2. The van der Waals surface area contributed by atoms with Gasteiger partial charge >= 0.3 is 24.1 Å². The van der Waals surface area contributed by atoms with Gasteiger partial charge in [0, 0.05) is 65.3 Å². The van der Waals surface area contributed by atoms with Gasteiger partial charge in [-0.2, -0.15) is 4.98 Å². The molecule has 16 heteroatoms. The van der Waals surface area contributed by atoms with E-state index < -0.39 is 6.16 Å². The number of rotatable bonds is 27. The van der Waals surface area contributed by atoms with Crippen molar-refractivity contribution in [3.63, 3.8) is 0 Å². The summed E-state index contributed by atoms with van der Waals surface area (Å²) in [5.74, 6) is -0.163. The average molecular weight is 915 g/mol. The molecular weight excluding hydrogens is 832 g/mol. The van der Waals surface area contributed by atoms with Gasteiger partial charge in [-0.3, -0.25) is 4.79 Å². The lowest BCUT2D eigenvalue weighted by Crippen LogP contribution is -2.04. The molecule has 370 valence electrons. The van der Waals surface area contributed by atoms with Crippen LogP contribution >= 0.6 is 0 Å². The van der Waals surface area contributed by atoms with Gasteiger partial charge in [-0.1, -0.05) is 90.1 Å². The largest absolute Gasteiger partial charge is 0.507 e. The van der Waals surface area contributed by atoms with E-state index in [4.69, 9.17) is 28.2 Å². The second kappa shape index (κ2) is 52.7. The topological polar surface area (TPSA) is 181 Å². The van der Waals surface area contributed by atoms with Crippen LogP contribution in [0.3, 0.4) is 0 Å². The van der Waals surface area contributed by atoms with Crippen LogP contribution in [-0.4, -0.2) is 109 Å². The highest BCUT2D eigenvalue weighted by molar-refractivity contribution is 5.81. The molecule has 0 atom stereocenters. The highest BCUT2D eigenvalue weighted by Crippen LogP contribution is 2.19. The van der Waals surface area contributed by atoms with E-state index in [1.54, 1.807) is 47.3 Å². The Hall–Kier alpha value is -4.67. The second-order valence-corrected chi connectivity index (χ2v) is 13.7. The van der Waals surface area contributed by atoms with Crippen molar-refractivity contribution >= 4 is 24.1 Å². The van der Waals surface area contributed by atoms with Gasteiger partial charge in [0.1, 0.15) is 5.82 Å². The van der Waals surface area contributed by atoms with Crippen molar-refractivity contribution < 1.29 is 66.0 Å². The zero-order chi connectivity index (χ0) is 49.1. The van der Waals surface area contributed by atoms with E-state index in [-0.39, 0.29) is 23.7 Å². The standard InChI is InChI=1S/C10H9FN2O.C10H18O3.C8H14O3.C7H14O2.C7H16O.C6H12O3/c1-6-3-4-8(5-9(6)11)10-12-7(2)13-14-10;1-3-10(11)13-9-7-5-4-6-8-12-2;1-3-8(9)11-7-5-4-6-10-2;1-3-4-5-6-7(8)9-2;1-3-4-5-6-7-8-2;1-3-4-5-9-6(7)8-2/h3-5H,1-2H3;3H,1,4-9H2,2H3;3H,1,4-7H2,2H3;3-6H2,1-2H3;3-7H2,1-2H3;3-5H2,1-2H3. The number of aromatic nitrogens is 2. The number of aryl methyl sites for hydroxylation is 2. The molecule has 0 aliphatic heterocycles. The summed E-state index contributed by atoms with van der Waals surface area (Å²) in [6, 6.07) is 4.83. The van der Waals surface area contributed by atoms with Crippen LogP contribution in [0.25, 0.3) is 11.5 Å². The molecule has 0 amide bonds. The zero-order valence-electron chi connectivity index (χ0n) is 40.9. The molecule has 0 aliphatic carbocycles. The van der Waals surface area contributed by atoms with E-state index in [0.717, 1.165) is 89.9 Å². The van der Waals surface area contributed by atoms with Gasteiger partial charge in [0.25, 0.3) is 5.89 Å². The summed E-state index contributed by atoms with van der Waals surface area (Å²) >= 11 is 0. The number of ether oxygens (including phenoxy) is 8. The number of methoxy groups -OCH3 is 5. The second-order valence-electron chi connectivity index (χ2n) is 13.7. The molecule has 0 radical (unpaired) electrons. The molecular formula is C48H83FN2O13. The van der Waals surface area contributed by atoms with E-state index in [0.29, 0.717) is 55.7 Å². The van der Waals surface area contributed by atoms with Crippen molar-refractivity contribution in [1.29, 1.82) is 0 Å². The number of halogens is 1. The average Bonchev–Trinajstić information content (AvgIpc) is 3.75. The van der Waals surface area contributed by atoms with Crippen LogP contribution < -0.4 is 0 Å².